The van der Waals surface area contributed by atoms with Crippen LogP contribution in [0.2, 0.25) is 0 Å². The number of carbonyl (C=O) groups is 1. The summed E-state index contributed by atoms with van der Waals surface area (Å²) < 4.78 is 29.1. The fourth-order valence-electron chi connectivity index (χ4n) is 2.60. The lowest BCUT2D eigenvalue weighted by Crippen LogP contribution is -2.37. The van der Waals surface area contributed by atoms with Gasteiger partial charge in [-0.2, -0.15) is 9.40 Å². The van der Waals surface area contributed by atoms with E-state index in [2.05, 4.69) is 21.0 Å². The van der Waals surface area contributed by atoms with Gasteiger partial charge in [0.25, 0.3) is 5.91 Å². The molecule has 10 heteroatoms. The largest absolute Gasteiger partial charge is 0.337 e. The first kappa shape index (κ1) is 17.6. The Kier molecular flexibility index (Phi) is 5.09. The van der Waals surface area contributed by atoms with E-state index >= 15 is 0 Å². The Morgan fingerprint density at radius 2 is 2.08 bits per heavy atom. The quantitative estimate of drug-likeness (QED) is 0.740. The molecule has 1 fully saturated rings. The van der Waals surface area contributed by atoms with Crippen LogP contribution in [-0.2, 0) is 17.1 Å². The third-order valence-electron chi connectivity index (χ3n) is 3.84. The Bertz CT molecular complexity index is 846. The Morgan fingerprint density at radius 1 is 1.29 bits per heavy atom. The van der Waals surface area contributed by atoms with Gasteiger partial charge in [0.1, 0.15) is 4.90 Å². The number of amides is 1. The van der Waals surface area contributed by atoms with E-state index in [4.69, 9.17) is 0 Å². The Hall–Kier alpha value is -1.23. The molecule has 0 spiro atoms. The predicted molar refractivity (Wildman–Crippen MR) is 94.5 cm³/mol. The molecule has 2 aromatic rings. The van der Waals surface area contributed by atoms with E-state index in [1.807, 2.05) is 5.38 Å². The van der Waals surface area contributed by atoms with Crippen LogP contribution >= 0.6 is 27.3 Å². The van der Waals surface area contributed by atoms with E-state index in [0.717, 1.165) is 4.47 Å². The first-order chi connectivity index (χ1) is 11.4. The van der Waals surface area contributed by atoms with Crippen LogP contribution in [0, 0.1) is 0 Å². The van der Waals surface area contributed by atoms with E-state index in [9.17, 15) is 13.2 Å². The van der Waals surface area contributed by atoms with Crippen molar-refractivity contribution in [1.29, 1.82) is 0 Å². The molecule has 3 heterocycles. The SMILES string of the molecule is Cn1cc(S(=O)(=O)N2CCCN(C(=O)c3cc(Br)cs3)CC2)cn1. The summed E-state index contributed by atoms with van der Waals surface area (Å²) in [7, 11) is -1.89. The lowest BCUT2D eigenvalue weighted by Gasteiger charge is -2.21. The molecule has 0 aromatic carbocycles. The van der Waals surface area contributed by atoms with E-state index in [-0.39, 0.29) is 17.3 Å². The number of carbonyl (C=O) groups excluding carboxylic acids is 1. The van der Waals surface area contributed by atoms with Gasteiger partial charge in [-0.15, -0.1) is 11.3 Å². The van der Waals surface area contributed by atoms with Crippen LogP contribution in [0.25, 0.3) is 0 Å². The molecule has 0 N–H and O–H groups in total. The number of nitrogens with zero attached hydrogens (tertiary/aromatic N) is 4. The summed E-state index contributed by atoms with van der Waals surface area (Å²) >= 11 is 4.73. The van der Waals surface area contributed by atoms with Crippen LogP contribution in [0.15, 0.2) is 33.2 Å². The number of thiophene rings is 1. The highest BCUT2D eigenvalue weighted by molar-refractivity contribution is 9.10. The molecule has 0 saturated carbocycles. The van der Waals surface area contributed by atoms with Gasteiger partial charge in [0, 0.05) is 49.3 Å². The number of aromatic nitrogens is 2. The van der Waals surface area contributed by atoms with Crippen molar-refractivity contribution in [3.8, 4) is 0 Å². The molecule has 1 aliphatic rings. The molecule has 0 aliphatic carbocycles. The molecule has 0 atom stereocenters. The summed E-state index contributed by atoms with van der Waals surface area (Å²) in [6.45, 7) is 1.62. The molecule has 130 valence electrons. The maximum atomic E-state index is 12.7. The van der Waals surface area contributed by atoms with Gasteiger partial charge in [-0.3, -0.25) is 9.48 Å². The van der Waals surface area contributed by atoms with E-state index in [0.29, 0.717) is 30.9 Å². The molecule has 1 aliphatic heterocycles. The summed E-state index contributed by atoms with van der Waals surface area (Å²) in [6.07, 6.45) is 3.45. The summed E-state index contributed by atoms with van der Waals surface area (Å²) in [4.78, 5) is 15.1. The second-order valence-corrected chi connectivity index (χ2v) is 9.29. The maximum absolute atomic E-state index is 12.7. The van der Waals surface area contributed by atoms with Gasteiger partial charge in [0.2, 0.25) is 10.0 Å². The molecule has 1 amide bonds. The van der Waals surface area contributed by atoms with Crippen molar-refractivity contribution in [2.24, 2.45) is 7.05 Å². The highest BCUT2D eigenvalue weighted by atomic mass is 79.9. The summed E-state index contributed by atoms with van der Waals surface area (Å²) in [6, 6.07) is 1.79. The minimum Gasteiger partial charge on any atom is -0.337 e. The van der Waals surface area contributed by atoms with E-state index in [1.165, 1.54) is 32.7 Å². The van der Waals surface area contributed by atoms with Crippen LogP contribution < -0.4 is 0 Å². The van der Waals surface area contributed by atoms with Crippen LogP contribution in [0.4, 0.5) is 0 Å². The van der Waals surface area contributed by atoms with E-state index < -0.39 is 10.0 Å². The molecule has 7 nitrogen and oxygen atoms in total. The van der Waals surface area contributed by atoms with Gasteiger partial charge in [0.15, 0.2) is 0 Å². The van der Waals surface area contributed by atoms with Crippen LogP contribution in [-0.4, -0.2) is 59.5 Å². The molecule has 3 rings (SSSR count). The molecule has 2 aromatic heterocycles. The lowest BCUT2D eigenvalue weighted by atomic mass is 10.3. The van der Waals surface area contributed by atoms with Gasteiger partial charge in [-0.05, 0) is 28.4 Å². The first-order valence-corrected chi connectivity index (χ1v) is 10.5. The molecule has 1 saturated heterocycles. The Labute approximate surface area is 153 Å². The van der Waals surface area contributed by atoms with Crippen molar-refractivity contribution < 1.29 is 13.2 Å². The van der Waals surface area contributed by atoms with Gasteiger partial charge < -0.3 is 4.90 Å². The van der Waals surface area contributed by atoms with Gasteiger partial charge in [-0.25, -0.2) is 8.42 Å². The van der Waals surface area contributed by atoms with Crippen molar-refractivity contribution in [2.45, 2.75) is 11.3 Å². The van der Waals surface area contributed by atoms with Crippen LogP contribution in [0.5, 0.6) is 0 Å². The monoisotopic (exact) mass is 432 g/mol. The third-order valence-corrected chi connectivity index (χ3v) is 7.37. The smallest absolute Gasteiger partial charge is 0.264 e. The second-order valence-electron chi connectivity index (χ2n) is 5.53. The highest BCUT2D eigenvalue weighted by Crippen LogP contribution is 2.23. The van der Waals surface area contributed by atoms with Gasteiger partial charge >= 0.3 is 0 Å². The zero-order valence-corrected chi connectivity index (χ0v) is 16.3. The fourth-order valence-corrected chi connectivity index (χ4v) is 5.45. The van der Waals surface area contributed by atoms with Crippen molar-refractivity contribution in [3.63, 3.8) is 0 Å². The zero-order chi connectivity index (χ0) is 17.3. The summed E-state index contributed by atoms with van der Waals surface area (Å²) in [5, 5.41) is 5.79. The number of hydrogen-bond donors (Lipinski definition) is 0. The normalized spacial score (nSPS) is 17.0. The average Bonchev–Trinajstić information content (AvgIpc) is 3.08. The summed E-state index contributed by atoms with van der Waals surface area (Å²) in [5.74, 6) is -0.0497. The van der Waals surface area contributed by atoms with Crippen LogP contribution in [0.3, 0.4) is 0 Å². The predicted octanol–water partition coefficient (Wildman–Crippen LogP) is 1.78. The lowest BCUT2D eigenvalue weighted by molar-refractivity contribution is 0.0769. The topological polar surface area (TPSA) is 75.5 Å². The average molecular weight is 433 g/mol. The minimum atomic E-state index is -3.57. The van der Waals surface area contributed by atoms with E-state index in [1.54, 1.807) is 18.0 Å². The van der Waals surface area contributed by atoms with Crippen molar-refractivity contribution in [3.05, 3.63) is 33.2 Å². The molecule has 0 radical (unpaired) electrons. The third kappa shape index (κ3) is 3.56. The van der Waals surface area contributed by atoms with Crippen molar-refractivity contribution >= 4 is 43.2 Å². The zero-order valence-electron chi connectivity index (χ0n) is 13.1. The molecular formula is C14H17BrN4O3S2. The van der Waals surface area contributed by atoms with Crippen molar-refractivity contribution in [1.82, 2.24) is 19.0 Å². The number of aryl methyl sites for hydroxylation is 1. The number of hydrogen-bond acceptors (Lipinski definition) is 5. The summed E-state index contributed by atoms with van der Waals surface area (Å²) in [5.41, 5.74) is 0. The Morgan fingerprint density at radius 3 is 2.71 bits per heavy atom. The maximum Gasteiger partial charge on any atom is 0.264 e. The number of sulfonamides is 1. The first-order valence-electron chi connectivity index (χ1n) is 7.40. The molecule has 24 heavy (non-hydrogen) atoms. The van der Waals surface area contributed by atoms with Gasteiger partial charge in [0.05, 0.1) is 11.1 Å². The van der Waals surface area contributed by atoms with Crippen molar-refractivity contribution in [2.75, 3.05) is 26.2 Å². The van der Waals surface area contributed by atoms with Crippen LogP contribution in [0.1, 0.15) is 16.1 Å². The number of halogens is 1. The second kappa shape index (κ2) is 6.95. The number of rotatable bonds is 3. The highest BCUT2D eigenvalue weighted by Gasteiger charge is 2.29. The minimum absolute atomic E-state index is 0.0497. The van der Waals surface area contributed by atoms with Gasteiger partial charge in [-0.1, -0.05) is 0 Å². The Balaban J connectivity index is 1.72. The molecular weight excluding hydrogens is 416 g/mol. The molecule has 0 unspecified atom stereocenters. The standard InChI is InChI=1S/C14H17BrN4O3S2/c1-17-9-12(8-16-17)24(21,22)19-4-2-3-18(5-6-19)14(20)13-7-11(15)10-23-13/h7-10H,2-6H2,1H3. The fraction of sp³-hybridized carbons (Fsp3) is 0.429. The molecule has 0 bridgehead atoms.